The lowest BCUT2D eigenvalue weighted by atomic mass is 10.1. The summed E-state index contributed by atoms with van der Waals surface area (Å²) in [5.41, 5.74) is 6.62. The highest BCUT2D eigenvalue weighted by molar-refractivity contribution is 5.62. The Bertz CT molecular complexity index is 555. The van der Waals surface area contributed by atoms with E-state index >= 15 is 0 Å². The summed E-state index contributed by atoms with van der Waals surface area (Å²) in [6.45, 7) is 0. The maximum Gasteiger partial charge on any atom is 0.292 e. The highest BCUT2D eigenvalue weighted by Crippen LogP contribution is 2.27. The van der Waals surface area contributed by atoms with Crippen molar-refractivity contribution in [1.29, 1.82) is 5.26 Å². The van der Waals surface area contributed by atoms with Gasteiger partial charge in [0.15, 0.2) is 5.76 Å². The largest absolute Gasteiger partial charge is 0.495 e. The van der Waals surface area contributed by atoms with Crippen molar-refractivity contribution in [3.8, 4) is 23.1 Å². The molecule has 1 aromatic carbocycles. The van der Waals surface area contributed by atoms with Gasteiger partial charge in [-0.2, -0.15) is 5.26 Å². The zero-order valence-electron chi connectivity index (χ0n) is 8.60. The third-order valence-corrected chi connectivity index (χ3v) is 2.13. The number of hydrogen-bond donors (Lipinski definition) is 1. The van der Waals surface area contributed by atoms with E-state index in [-0.39, 0.29) is 6.01 Å². The Kier molecular flexibility index (Phi) is 2.48. The number of methoxy groups -OCH3 is 1. The van der Waals surface area contributed by atoms with Crippen LogP contribution in [0.1, 0.15) is 5.56 Å². The van der Waals surface area contributed by atoms with Crippen LogP contribution in [0, 0.1) is 11.3 Å². The standard InChI is InChI=1S/C11H9N3O2/c1-15-9-4-7(2-3-8(9)5-12)10-6-14-11(13)16-10/h2-4,6H,1H3,(H2,13,14). The zero-order chi connectivity index (χ0) is 11.5. The molecular weight excluding hydrogens is 206 g/mol. The summed E-state index contributed by atoms with van der Waals surface area (Å²) in [6.07, 6.45) is 1.52. The van der Waals surface area contributed by atoms with Gasteiger partial charge in [0.05, 0.1) is 18.9 Å². The molecule has 5 heteroatoms. The summed E-state index contributed by atoms with van der Waals surface area (Å²) in [4.78, 5) is 3.80. The van der Waals surface area contributed by atoms with E-state index < -0.39 is 0 Å². The molecule has 0 amide bonds. The number of benzene rings is 1. The van der Waals surface area contributed by atoms with Crippen molar-refractivity contribution in [3.05, 3.63) is 30.0 Å². The van der Waals surface area contributed by atoms with Gasteiger partial charge in [-0.25, -0.2) is 4.98 Å². The lowest BCUT2D eigenvalue weighted by Gasteiger charge is -2.03. The van der Waals surface area contributed by atoms with Gasteiger partial charge >= 0.3 is 0 Å². The molecule has 16 heavy (non-hydrogen) atoms. The minimum atomic E-state index is 0.110. The number of anilines is 1. The molecule has 1 heterocycles. The number of nitriles is 1. The van der Waals surface area contributed by atoms with Crippen LogP contribution in [0.2, 0.25) is 0 Å². The first kappa shape index (κ1) is 10.1. The molecule has 2 aromatic rings. The minimum absolute atomic E-state index is 0.110. The number of nitrogens with two attached hydrogens (primary N) is 1. The molecule has 1 aromatic heterocycles. The fourth-order valence-electron chi connectivity index (χ4n) is 1.36. The topological polar surface area (TPSA) is 85.1 Å². The van der Waals surface area contributed by atoms with Crippen LogP contribution < -0.4 is 10.5 Å². The second kappa shape index (κ2) is 3.95. The predicted molar refractivity (Wildman–Crippen MR) is 57.6 cm³/mol. The van der Waals surface area contributed by atoms with E-state index in [1.54, 1.807) is 18.2 Å². The summed E-state index contributed by atoms with van der Waals surface area (Å²) < 4.78 is 10.3. The summed E-state index contributed by atoms with van der Waals surface area (Å²) in [5.74, 6) is 1.04. The molecule has 0 spiro atoms. The van der Waals surface area contributed by atoms with E-state index in [0.717, 1.165) is 5.56 Å². The van der Waals surface area contributed by atoms with Crippen LogP contribution in [-0.4, -0.2) is 12.1 Å². The van der Waals surface area contributed by atoms with Gasteiger partial charge in [0.1, 0.15) is 11.8 Å². The predicted octanol–water partition coefficient (Wildman–Crippen LogP) is 1.80. The van der Waals surface area contributed by atoms with Crippen molar-refractivity contribution in [2.24, 2.45) is 0 Å². The van der Waals surface area contributed by atoms with E-state index in [4.69, 9.17) is 20.1 Å². The molecule has 0 saturated carbocycles. The van der Waals surface area contributed by atoms with Gasteiger partial charge in [-0.3, -0.25) is 0 Å². The number of hydrogen-bond acceptors (Lipinski definition) is 5. The fraction of sp³-hybridized carbons (Fsp3) is 0.0909. The number of ether oxygens (including phenoxy) is 1. The number of oxazole rings is 1. The van der Waals surface area contributed by atoms with E-state index in [1.807, 2.05) is 6.07 Å². The minimum Gasteiger partial charge on any atom is -0.495 e. The van der Waals surface area contributed by atoms with Crippen molar-refractivity contribution < 1.29 is 9.15 Å². The highest BCUT2D eigenvalue weighted by atomic mass is 16.5. The third kappa shape index (κ3) is 1.68. The van der Waals surface area contributed by atoms with Crippen molar-refractivity contribution in [1.82, 2.24) is 4.98 Å². The van der Waals surface area contributed by atoms with Gasteiger partial charge in [0.25, 0.3) is 6.01 Å². The summed E-state index contributed by atoms with van der Waals surface area (Å²) in [5, 5.41) is 8.83. The lowest BCUT2D eigenvalue weighted by molar-refractivity contribution is 0.413. The second-order valence-corrected chi connectivity index (χ2v) is 3.09. The van der Waals surface area contributed by atoms with Gasteiger partial charge in [-0.05, 0) is 18.2 Å². The van der Waals surface area contributed by atoms with E-state index in [1.165, 1.54) is 13.3 Å². The molecule has 5 nitrogen and oxygen atoms in total. The molecule has 0 atom stereocenters. The maximum atomic E-state index is 8.83. The van der Waals surface area contributed by atoms with E-state index in [2.05, 4.69) is 4.98 Å². The van der Waals surface area contributed by atoms with E-state index in [0.29, 0.717) is 17.1 Å². The molecule has 0 aliphatic heterocycles. The number of aromatic nitrogens is 1. The summed E-state index contributed by atoms with van der Waals surface area (Å²) in [6, 6.07) is 7.26. The van der Waals surface area contributed by atoms with Gasteiger partial charge in [0, 0.05) is 5.56 Å². The zero-order valence-corrected chi connectivity index (χ0v) is 8.60. The average molecular weight is 215 g/mol. The normalized spacial score (nSPS) is 9.75. The van der Waals surface area contributed by atoms with Crippen LogP contribution >= 0.6 is 0 Å². The van der Waals surface area contributed by atoms with Crippen molar-refractivity contribution in [2.45, 2.75) is 0 Å². The Morgan fingerprint density at radius 3 is 2.88 bits per heavy atom. The lowest BCUT2D eigenvalue weighted by Crippen LogP contribution is -1.88. The van der Waals surface area contributed by atoms with Gasteiger partial charge in [-0.1, -0.05) is 0 Å². The smallest absolute Gasteiger partial charge is 0.292 e. The molecule has 0 aliphatic carbocycles. The number of nitrogen functional groups attached to an aromatic ring is 1. The second-order valence-electron chi connectivity index (χ2n) is 3.09. The number of nitrogens with zero attached hydrogens (tertiary/aromatic N) is 2. The van der Waals surface area contributed by atoms with E-state index in [9.17, 15) is 0 Å². The van der Waals surface area contributed by atoms with Crippen LogP contribution in [-0.2, 0) is 0 Å². The van der Waals surface area contributed by atoms with Crippen LogP contribution in [0.25, 0.3) is 11.3 Å². The average Bonchev–Trinajstić information content (AvgIpc) is 2.75. The first-order valence-corrected chi connectivity index (χ1v) is 4.54. The Balaban J connectivity index is 2.48. The molecular formula is C11H9N3O2. The molecule has 2 N–H and O–H groups in total. The Labute approximate surface area is 92.1 Å². The molecule has 0 fully saturated rings. The van der Waals surface area contributed by atoms with Crippen LogP contribution in [0.15, 0.2) is 28.8 Å². The van der Waals surface area contributed by atoms with Crippen molar-refractivity contribution in [3.63, 3.8) is 0 Å². The van der Waals surface area contributed by atoms with Gasteiger partial charge < -0.3 is 14.9 Å². The SMILES string of the molecule is COc1cc(-c2cnc(N)o2)ccc1C#N. The maximum absolute atomic E-state index is 8.83. The monoisotopic (exact) mass is 215 g/mol. The molecule has 0 unspecified atom stereocenters. The van der Waals surface area contributed by atoms with Gasteiger partial charge in [-0.15, -0.1) is 0 Å². The Hall–Kier alpha value is -2.48. The molecule has 0 saturated heterocycles. The Morgan fingerprint density at radius 2 is 2.31 bits per heavy atom. The van der Waals surface area contributed by atoms with Crippen molar-refractivity contribution in [2.75, 3.05) is 12.8 Å². The molecule has 2 rings (SSSR count). The van der Waals surface area contributed by atoms with Crippen LogP contribution in [0.3, 0.4) is 0 Å². The van der Waals surface area contributed by atoms with Crippen LogP contribution in [0.5, 0.6) is 5.75 Å². The molecule has 0 bridgehead atoms. The van der Waals surface area contributed by atoms with Crippen LogP contribution in [0.4, 0.5) is 6.01 Å². The van der Waals surface area contributed by atoms with Crippen molar-refractivity contribution >= 4 is 6.01 Å². The fourth-order valence-corrected chi connectivity index (χ4v) is 1.36. The first-order chi connectivity index (χ1) is 7.74. The highest BCUT2D eigenvalue weighted by Gasteiger charge is 2.08. The molecule has 0 aliphatic rings. The third-order valence-electron chi connectivity index (χ3n) is 2.13. The summed E-state index contributed by atoms with van der Waals surface area (Å²) in [7, 11) is 1.51. The Morgan fingerprint density at radius 1 is 1.50 bits per heavy atom. The molecule has 0 radical (unpaired) electrons. The quantitative estimate of drug-likeness (QED) is 0.825. The number of rotatable bonds is 2. The first-order valence-electron chi connectivity index (χ1n) is 4.54. The summed E-state index contributed by atoms with van der Waals surface area (Å²) >= 11 is 0. The molecule has 80 valence electrons. The van der Waals surface area contributed by atoms with Gasteiger partial charge in [0.2, 0.25) is 0 Å².